The molecule has 0 amide bonds. The Morgan fingerprint density at radius 2 is 2.28 bits per heavy atom. The number of nitrogens with zero attached hydrogens (tertiary/aromatic N) is 1. The van der Waals surface area contributed by atoms with Crippen molar-refractivity contribution in [3.63, 3.8) is 0 Å². The van der Waals surface area contributed by atoms with E-state index >= 15 is 0 Å². The zero-order valence-electron chi connectivity index (χ0n) is 10.5. The molecule has 0 radical (unpaired) electrons. The van der Waals surface area contributed by atoms with E-state index in [1.54, 1.807) is 6.20 Å². The smallest absolute Gasteiger partial charge is 0.121 e. The molecule has 18 heavy (non-hydrogen) atoms. The molecule has 0 saturated carbocycles. The maximum Gasteiger partial charge on any atom is 0.121 e. The normalized spacial score (nSPS) is 12.6. The highest BCUT2D eigenvalue weighted by molar-refractivity contribution is 5.79. The van der Waals surface area contributed by atoms with Crippen LogP contribution in [0, 0.1) is 0 Å². The van der Waals surface area contributed by atoms with Gasteiger partial charge in [0.25, 0.3) is 0 Å². The third kappa shape index (κ3) is 3.18. The Kier molecular flexibility index (Phi) is 4.50. The lowest BCUT2D eigenvalue weighted by Gasteiger charge is -2.16. The van der Waals surface area contributed by atoms with Crippen LogP contribution in [0.1, 0.15) is 6.92 Å². The van der Waals surface area contributed by atoms with E-state index in [4.69, 9.17) is 9.84 Å². The number of hydrogen-bond donors (Lipinski definition) is 2. The van der Waals surface area contributed by atoms with Crippen molar-refractivity contribution in [2.24, 2.45) is 0 Å². The Morgan fingerprint density at radius 1 is 1.39 bits per heavy atom. The summed E-state index contributed by atoms with van der Waals surface area (Å²) in [5, 5.41) is 13.4. The number of hydrogen-bond acceptors (Lipinski definition) is 4. The van der Waals surface area contributed by atoms with Crippen molar-refractivity contribution < 1.29 is 9.84 Å². The molecule has 0 bridgehead atoms. The standard InChI is InChI=1S/C14H18N2O2/c1-2-15-12(9-17)10-18-13-6-5-11-4-3-7-16-14(11)8-13/h3-8,12,15,17H,2,9-10H2,1H3. The van der Waals surface area contributed by atoms with Crippen LogP contribution in [0.5, 0.6) is 5.75 Å². The van der Waals surface area contributed by atoms with Crippen molar-refractivity contribution in [1.82, 2.24) is 10.3 Å². The molecule has 0 saturated heterocycles. The van der Waals surface area contributed by atoms with Crippen molar-refractivity contribution in [3.8, 4) is 5.75 Å². The van der Waals surface area contributed by atoms with Crippen molar-refractivity contribution >= 4 is 10.9 Å². The monoisotopic (exact) mass is 246 g/mol. The molecule has 4 nitrogen and oxygen atoms in total. The van der Waals surface area contributed by atoms with Crippen molar-refractivity contribution in [2.75, 3.05) is 19.8 Å². The van der Waals surface area contributed by atoms with E-state index in [1.807, 2.05) is 37.3 Å². The maximum atomic E-state index is 9.15. The van der Waals surface area contributed by atoms with Gasteiger partial charge < -0.3 is 15.2 Å². The Bertz CT molecular complexity index is 502. The lowest BCUT2D eigenvalue weighted by Crippen LogP contribution is -2.37. The Hall–Kier alpha value is -1.65. The molecule has 0 aliphatic carbocycles. The number of aromatic nitrogens is 1. The summed E-state index contributed by atoms with van der Waals surface area (Å²) in [6, 6.07) is 9.71. The topological polar surface area (TPSA) is 54.4 Å². The van der Waals surface area contributed by atoms with Crippen LogP contribution in [0.15, 0.2) is 36.5 Å². The van der Waals surface area contributed by atoms with E-state index in [2.05, 4.69) is 10.3 Å². The zero-order valence-corrected chi connectivity index (χ0v) is 10.5. The highest BCUT2D eigenvalue weighted by atomic mass is 16.5. The average Bonchev–Trinajstić information content (AvgIpc) is 2.43. The fraction of sp³-hybridized carbons (Fsp3) is 0.357. The maximum absolute atomic E-state index is 9.15. The van der Waals surface area contributed by atoms with Gasteiger partial charge in [-0.15, -0.1) is 0 Å². The highest BCUT2D eigenvalue weighted by Crippen LogP contribution is 2.18. The fourth-order valence-electron chi connectivity index (χ4n) is 1.80. The second-order valence-electron chi connectivity index (χ2n) is 4.11. The van der Waals surface area contributed by atoms with Gasteiger partial charge in [0.15, 0.2) is 0 Å². The van der Waals surface area contributed by atoms with Crippen molar-refractivity contribution in [3.05, 3.63) is 36.5 Å². The van der Waals surface area contributed by atoms with Crippen LogP contribution in [-0.4, -0.2) is 35.9 Å². The van der Waals surface area contributed by atoms with Crippen LogP contribution >= 0.6 is 0 Å². The van der Waals surface area contributed by atoms with Gasteiger partial charge in [0.1, 0.15) is 12.4 Å². The van der Waals surface area contributed by atoms with Crippen LogP contribution < -0.4 is 10.1 Å². The van der Waals surface area contributed by atoms with E-state index in [0.717, 1.165) is 23.2 Å². The molecule has 1 atom stereocenters. The summed E-state index contributed by atoms with van der Waals surface area (Å²) in [7, 11) is 0. The number of aliphatic hydroxyl groups is 1. The first kappa shape index (κ1) is 12.8. The summed E-state index contributed by atoms with van der Waals surface area (Å²) >= 11 is 0. The number of aliphatic hydroxyl groups excluding tert-OH is 1. The van der Waals surface area contributed by atoms with Gasteiger partial charge in [0, 0.05) is 17.6 Å². The summed E-state index contributed by atoms with van der Waals surface area (Å²) in [6.07, 6.45) is 1.77. The highest BCUT2D eigenvalue weighted by Gasteiger charge is 2.06. The van der Waals surface area contributed by atoms with E-state index in [-0.39, 0.29) is 12.6 Å². The molecule has 1 unspecified atom stereocenters. The minimum atomic E-state index is -0.0329. The summed E-state index contributed by atoms with van der Waals surface area (Å²) in [5.74, 6) is 0.776. The van der Waals surface area contributed by atoms with Crippen LogP contribution in [0.4, 0.5) is 0 Å². The molecule has 0 spiro atoms. The Balaban J connectivity index is 2.03. The third-order valence-electron chi connectivity index (χ3n) is 2.74. The number of rotatable bonds is 6. The number of benzene rings is 1. The van der Waals surface area contributed by atoms with E-state index in [0.29, 0.717) is 6.61 Å². The molecule has 2 rings (SSSR count). The number of fused-ring (bicyclic) bond motifs is 1. The number of ether oxygens (including phenoxy) is 1. The van der Waals surface area contributed by atoms with Crippen molar-refractivity contribution in [1.29, 1.82) is 0 Å². The van der Waals surface area contributed by atoms with Crippen LogP contribution in [-0.2, 0) is 0 Å². The lowest BCUT2D eigenvalue weighted by atomic mass is 10.2. The van der Waals surface area contributed by atoms with E-state index in [9.17, 15) is 0 Å². The number of likely N-dealkylation sites (N-methyl/N-ethyl adjacent to an activating group) is 1. The van der Waals surface area contributed by atoms with Crippen LogP contribution in [0.2, 0.25) is 0 Å². The molecule has 0 fully saturated rings. The zero-order chi connectivity index (χ0) is 12.8. The van der Waals surface area contributed by atoms with Gasteiger partial charge in [-0.3, -0.25) is 4.98 Å². The quantitative estimate of drug-likeness (QED) is 0.812. The van der Waals surface area contributed by atoms with E-state index < -0.39 is 0 Å². The molecule has 4 heteroatoms. The first-order valence-electron chi connectivity index (χ1n) is 6.15. The third-order valence-corrected chi connectivity index (χ3v) is 2.74. The summed E-state index contributed by atoms with van der Waals surface area (Å²) in [5.41, 5.74) is 0.916. The Labute approximate surface area is 107 Å². The molecule has 1 heterocycles. The minimum absolute atomic E-state index is 0.0329. The molecule has 1 aromatic heterocycles. The molecule has 1 aromatic carbocycles. The summed E-state index contributed by atoms with van der Waals surface area (Å²) in [4.78, 5) is 4.28. The summed E-state index contributed by atoms with van der Waals surface area (Å²) in [6.45, 7) is 3.33. The van der Waals surface area contributed by atoms with E-state index in [1.165, 1.54) is 0 Å². The van der Waals surface area contributed by atoms with Gasteiger partial charge >= 0.3 is 0 Å². The predicted molar refractivity (Wildman–Crippen MR) is 71.8 cm³/mol. The molecule has 2 N–H and O–H groups in total. The first-order valence-corrected chi connectivity index (χ1v) is 6.15. The molecule has 96 valence electrons. The molecule has 0 aliphatic rings. The van der Waals surface area contributed by atoms with Crippen LogP contribution in [0.25, 0.3) is 10.9 Å². The second-order valence-corrected chi connectivity index (χ2v) is 4.11. The van der Waals surface area contributed by atoms with Gasteiger partial charge in [0.2, 0.25) is 0 Å². The molecule has 2 aromatic rings. The second kappa shape index (κ2) is 6.33. The van der Waals surface area contributed by atoms with Gasteiger partial charge in [-0.1, -0.05) is 13.0 Å². The minimum Gasteiger partial charge on any atom is -0.492 e. The first-order chi connectivity index (χ1) is 8.83. The van der Waals surface area contributed by atoms with Gasteiger partial charge in [0.05, 0.1) is 18.2 Å². The van der Waals surface area contributed by atoms with Gasteiger partial charge in [-0.05, 0) is 24.7 Å². The Morgan fingerprint density at radius 3 is 3.06 bits per heavy atom. The lowest BCUT2D eigenvalue weighted by molar-refractivity contribution is 0.185. The number of nitrogens with one attached hydrogen (secondary N) is 1. The average molecular weight is 246 g/mol. The number of pyridine rings is 1. The SMILES string of the molecule is CCNC(CO)COc1ccc2cccnc2c1. The van der Waals surface area contributed by atoms with Crippen molar-refractivity contribution in [2.45, 2.75) is 13.0 Å². The molecule has 0 aliphatic heterocycles. The molecular weight excluding hydrogens is 228 g/mol. The fourth-order valence-corrected chi connectivity index (χ4v) is 1.80. The van der Waals surface area contributed by atoms with Gasteiger partial charge in [-0.25, -0.2) is 0 Å². The predicted octanol–water partition coefficient (Wildman–Crippen LogP) is 1.58. The largest absolute Gasteiger partial charge is 0.492 e. The summed E-state index contributed by atoms with van der Waals surface area (Å²) < 4.78 is 5.66. The van der Waals surface area contributed by atoms with Gasteiger partial charge in [-0.2, -0.15) is 0 Å². The van der Waals surface area contributed by atoms with Crippen LogP contribution in [0.3, 0.4) is 0 Å². The molecular formula is C14H18N2O2.